The van der Waals surface area contributed by atoms with E-state index in [0.29, 0.717) is 5.57 Å². The molecule has 0 saturated carbocycles. The maximum absolute atomic E-state index is 12.5. The third kappa shape index (κ3) is 14.4. The van der Waals surface area contributed by atoms with Crippen molar-refractivity contribution >= 4 is 14.3 Å². The van der Waals surface area contributed by atoms with Crippen molar-refractivity contribution in [3.8, 4) is 0 Å². The highest BCUT2D eigenvalue weighted by Gasteiger charge is 2.37. The lowest BCUT2D eigenvalue weighted by Gasteiger charge is -2.32. The van der Waals surface area contributed by atoms with Gasteiger partial charge in [0.1, 0.15) is 0 Å². The summed E-state index contributed by atoms with van der Waals surface area (Å²) in [5, 5.41) is 0. The number of rotatable bonds is 20. The quantitative estimate of drug-likeness (QED) is 0.114. The molecule has 0 rings (SSSR count). The van der Waals surface area contributed by atoms with Gasteiger partial charge in [-0.05, 0) is 25.1 Å². The van der Waals surface area contributed by atoms with Crippen LogP contribution in [0.3, 0.4) is 0 Å². The number of carbonyl (C=O) groups is 1. The van der Waals surface area contributed by atoms with E-state index in [4.69, 9.17) is 4.43 Å². The van der Waals surface area contributed by atoms with Gasteiger partial charge in [-0.3, -0.25) is 0 Å². The third-order valence-corrected chi connectivity index (χ3v) is 10.3. The fourth-order valence-corrected chi connectivity index (χ4v) is 8.27. The Bertz CT molecular complexity index is 356. The van der Waals surface area contributed by atoms with Crippen LogP contribution in [-0.2, 0) is 9.22 Å². The summed E-state index contributed by atoms with van der Waals surface area (Å²) in [5.74, 6) is -0.123. The van der Waals surface area contributed by atoms with Gasteiger partial charge in [-0.15, -0.1) is 0 Å². The Morgan fingerprint density at radius 1 is 0.643 bits per heavy atom. The average Bonchev–Trinajstić information content (AvgIpc) is 2.67. The van der Waals surface area contributed by atoms with E-state index in [0.717, 1.165) is 18.1 Å². The highest BCUT2D eigenvalue weighted by atomic mass is 28.4. The van der Waals surface area contributed by atoms with Crippen molar-refractivity contribution in [3.63, 3.8) is 0 Å². The van der Waals surface area contributed by atoms with Crippen molar-refractivity contribution in [2.24, 2.45) is 0 Å². The van der Waals surface area contributed by atoms with Crippen LogP contribution < -0.4 is 0 Å². The van der Waals surface area contributed by atoms with Gasteiger partial charge in [0.15, 0.2) is 0 Å². The molecule has 0 aliphatic heterocycles. The predicted molar refractivity (Wildman–Crippen MR) is 127 cm³/mol. The topological polar surface area (TPSA) is 26.3 Å². The predicted octanol–water partition coefficient (Wildman–Crippen LogP) is 8.96. The van der Waals surface area contributed by atoms with E-state index in [1.165, 1.54) is 96.3 Å². The van der Waals surface area contributed by atoms with Crippen LogP contribution in [0.1, 0.15) is 124 Å². The molecule has 0 aromatic heterocycles. The summed E-state index contributed by atoms with van der Waals surface area (Å²) in [6.45, 7) is 12.4. The van der Waals surface area contributed by atoms with Crippen LogP contribution in [0.2, 0.25) is 18.1 Å². The summed E-state index contributed by atoms with van der Waals surface area (Å²) in [4.78, 5) is 12.5. The minimum atomic E-state index is -2.01. The molecule has 28 heavy (non-hydrogen) atoms. The van der Waals surface area contributed by atoms with Crippen LogP contribution in [0, 0.1) is 0 Å². The molecule has 0 fully saturated rings. The Balaban J connectivity index is 4.91. The Morgan fingerprint density at radius 3 is 1.25 bits per heavy atom. The summed E-state index contributed by atoms with van der Waals surface area (Å²) in [5.41, 5.74) is 0.569. The summed E-state index contributed by atoms with van der Waals surface area (Å²) in [6, 6.07) is 3.49. The molecule has 0 bridgehead atoms. The highest BCUT2D eigenvalue weighted by molar-refractivity contribution is 6.75. The maximum atomic E-state index is 12.5. The van der Waals surface area contributed by atoms with Crippen LogP contribution in [0.4, 0.5) is 0 Å². The van der Waals surface area contributed by atoms with Crippen LogP contribution in [-0.4, -0.2) is 14.3 Å². The molecule has 0 amide bonds. The molecule has 0 atom stereocenters. The molecule has 0 spiro atoms. The minimum absolute atomic E-state index is 0.123. The Kier molecular flexibility index (Phi) is 18.1. The van der Waals surface area contributed by atoms with Crippen molar-refractivity contribution in [2.75, 3.05) is 0 Å². The monoisotopic (exact) mass is 410 g/mol. The first-order valence-corrected chi connectivity index (χ1v) is 14.9. The second-order valence-corrected chi connectivity index (χ2v) is 12.9. The van der Waals surface area contributed by atoms with Crippen LogP contribution in [0.5, 0.6) is 0 Å². The maximum Gasteiger partial charge on any atom is 0.319 e. The number of carbonyl (C=O) groups excluding carboxylic acids is 1. The van der Waals surface area contributed by atoms with Gasteiger partial charge in [-0.2, -0.15) is 0 Å². The zero-order valence-electron chi connectivity index (χ0n) is 19.8. The lowest BCUT2D eigenvalue weighted by Crippen LogP contribution is -2.40. The van der Waals surface area contributed by atoms with Gasteiger partial charge >= 0.3 is 5.97 Å². The van der Waals surface area contributed by atoms with Crippen molar-refractivity contribution in [1.82, 2.24) is 0 Å². The smallest absolute Gasteiger partial charge is 0.319 e. The van der Waals surface area contributed by atoms with Crippen LogP contribution >= 0.6 is 0 Å². The van der Waals surface area contributed by atoms with Crippen molar-refractivity contribution in [1.29, 1.82) is 0 Å². The van der Waals surface area contributed by atoms with Crippen molar-refractivity contribution < 1.29 is 9.22 Å². The fourth-order valence-electron chi connectivity index (χ4n) is 3.96. The molecule has 0 aromatic rings. The molecule has 0 aromatic carbocycles. The Morgan fingerprint density at radius 2 is 0.964 bits per heavy atom. The van der Waals surface area contributed by atoms with Crippen LogP contribution in [0.15, 0.2) is 12.2 Å². The number of hydrogen-bond acceptors (Lipinski definition) is 2. The molecule has 0 radical (unpaired) electrons. The number of hydrogen-bond donors (Lipinski definition) is 0. The normalized spacial score (nSPS) is 11.6. The van der Waals surface area contributed by atoms with E-state index in [-0.39, 0.29) is 5.97 Å². The summed E-state index contributed by atoms with van der Waals surface area (Å²) >= 11 is 0. The van der Waals surface area contributed by atoms with Gasteiger partial charge in [0.25, 0.3) is 8.32 Å². The summed E-state index contributed by atoms with van der Waals surface area (Å²) in [6.07, 6.45) is 19.4. The van der Waals surface area contributed by atoms with E-state index in [1.54, 1.807) is 6.92 Å². The molecule has 0 saturated heterocycles. The molecule has 3 heteroatoms. The van der Waals surface area contributed by atoms with Crippen LogP contribution in [0.25, 0.3) is 0 Å². The number of unbranched alkanes of at least 4 members (excludes halogenated alkanes) is 12. The molecule has 2 nitrogen and oxygen atoms in total. The molecular weight excluding hydrogens is 360 g/mol. The molecule has 0 heterocycles. The SMILES string of the molecule is C=C(C)C(=O)O[Si](CCCCCCC)(CCCCCCC)CCCCCCC. The highest BCUT2D eigenvalue weighted by Crippen LogP contribution is 2.31. The van der Waals surface area contributed by atoms with Gasteiger partial charge in [-0.25, -0.2) is 4.79 Å². The lowest BCUT2D eigenvalue weighted by atomic mass is 10.2. The molecule has 0 aliphatic rings. The van der Waals surface area contributed by atoms with E-state index in [9.17, 15) is 4.79 Å². The first-order valence-electron chi connectivity index (χ1n) is 12.4. The Labute approximate surface area is 178 Å². The summed E-state index contributed by atoms with van der Waals surface area (Å²) in [7, 11) is -2.01. The second-order valence-electron chi connectivity index (χ2n) is 8.85. The van der Waals surface area contributed by atoms with Gasteiger partial charge in [-0.1, -0.05) is 124 Å². The lowest BCUT2D eigenvalue weighted by molar-refractivity contribution is -0.131. The van der Waals surface area contributed by atoms with E-state index >= 15 is 0 Å². The minimum Gasteiger partial charge on any atom is -0.516 e. The zero-order valence-corrected chi connectivity index (χ0v) is 20.8. The van der Waals surface area contributed by atoms with Crippen molar-refractivity contribution in [2.45, 2.75) is 142 Å². The van der Waals surface area contributed by atoms with E-state index in [1.807, 2.05) is 0 Å². The van der Waals surface area contributed by atoms with Gasteiger partial charge in [0.2, 0.25) is 0 Å². The van der Waals surface area contributed by atoms with Gasteiger partial charge in [0.05, 0.1) is 0 Å². The standard InChI is InChI=1S/C25H50O2Si/c1-6-9-12-15-18-21-28(27-25(26)24(4)5,22-19-16-13-10-7-2)23-20-17-14-11-8-3/h4,6-23H2,1-3,5H3. The molecule has 0 unspecified atom stereocenters. The molecule has 0 aliphatic carbocycles. The largest absolute Gasteiger partial charge is 0.516 e. The van der Waals surface area contributed by atoms with Crippen molar-refractivity contribution in [3.05, 3.63) is 12.2 Å². The zero-order chi connectivity index (χ0) is 21.1. The molecule has 166 valence electrons. The molecular formula is C25H50O2Si. The Hall–Kier alpha value is -0.573. The van der Waals surface area contributed by atoms with E-state index < -0.39 is 8.32 Å². The van der Waals surface area contributed by atoms with Gasteiger partial charge in [0, 0.05) is 5.57 Å². The third-order valence-electron chi connectivity index (χ3n) is 5.87. The second kappa shape index (κ2) is 18.5. The van der Waals surface area contributed by atoms with Gasteiger partial charge < -0.3 is 4.43 Å². The first-order chi connectivity index (χ1) is 13.5. The first kappa shape index (κ1) is 27.4. The molecule has 0 N–H and O–H groups in total. The average molecular weight is 411 g/mol. The van der Waals surface area contributed by atoms with E-state index in [2.05, 4.69) is 27.4 Å². The fraction of sp³-hybridized carbons (Fsp3) is 0.880. The summed E-state index contributed by atoms with van der Waals surface area (Å²) < 4.78 is 6.32.